The van der Waals surface area contributed by atoms with Crippen LogP contribution < -0.4 is 72.7 Å². The van der Waals surface area contributed by atoms with Crippen molar-refractivity contribution in [1.82, 2.24) is 25.5 Å². The number of nitrogens with one attached hydrogen (secondary N) is 4. The number of likely N-dealkylation sites (tertiary alicyclic amines) is 1. The molecule has 1 atom stereocenters. The Morgan fingerprint density at radius 3 is 2.33 bits per heavy atom. The summed E-state index contributed by atoms with van der Waals surface area (Å²) in [5, 5.41) is 22.9. The molecule has 17 heteroatoms. The maximum absolute atomic E-state index is 13.0. The van der Waals surface area contributed by atoms with E-state index < -0.39 is 29.4 Å². The maximum atomic E-state index is 13.0. The Morgan fingerprint density at radius 1 is 1.02 bits per heavy atom. The molecule has 2 aromatic carbocycles. The number of nitrogens with zero attached hydrogens (tertiary/aromatic N) is 3. The zero-order valence-electron chi connectivity index (χ0n) is 38.1. The van der Waals surface area contributed by atoms with Gasteiger partial charge in [0.25, 0.3) is 5.91 Å². The van der Waals surface area contributed by atoms with Crippen LogP contribution in [0.3, 0.4) is 0 Å². The van der Waals surface area contributed by atoms with E-state index in [0.717, 1.165) is 71.1 Å². The predicted octanol–water partition coefficient (Wildman–Crippen LogP) is 5.72. The third kappa shape index (κ3) is 14.4. The molecule has 1 unspecified atom stereocenters. The largest absolute Gasteiger partial charge is 1.00 e. The molecule has 3 fully saturated rings. The van der Waals surface area contributed by atoms with Gasteiger partial charge in [-0.25, -0.2) is 9.97 Å². The quantitative estimate of drug-likeness (QED) is 0.0605. The molecule has 1 saturated heterocycles. The van der Waals surface area contributed by atoms with Gasteiger partial charge < -0.3 is 40.9 Å². The van der Waals surface area contributed by atoms with Gasteiger partial charge in [-0.3, -0.25) is 9.59 Å². The molecule has 0 bridgehead atoms. The number of likely N-dealkylation sites (N-methyl/N-ethyl adjacent to an activating group) is 1. The smallest absolute Gasteiger partial charge is 0.401 e. The molecule has 3 aliphatic rings. The van der Waals surface area contributed by atoms with Crippen LogP contribution in [0.5, 0.6) is 0 Å². The summed E-state index contributed by atoms with van der Waals surface area (Å²) in [6.45, 7) is 10.5. The second-order valence-corrected chi connectivity index (χ2v) is 18.3. The number of halogens is 3. The van der Waals surface area contributed by atoms with E-state index in [4.69, 9.17) is 4.98 Å². The molecular weight excluding hydrogens is 871 g/mol. The minimum absolute atomic E-state index is 0. The van der Waals surface area contributed by atoms with Crippen molar-refractivity contribution in [3.8, 4) is 0 Å². The average molecular weight is 932 g/mol. The van der Waals surface area contributed by atoms with Crippen LogP contribution in [0.15, 0.2) is 48.5 Å². The second kappa shape index (κ2) is 23.9. The van der Waals surface area contributed by atoms with Crippen LogP contribution in [0.1, 0.15) is 135 Å². The summed E-state index contributed by atoms with van der Waals surface area (Å²) in [4.78, 5) is 58.4. The maximum Gasteiger partial charge on any atom is 1.00 e. The van der Waals surface area contributed by atoms with Crippen LogP contribution >= 0.6 is 11.3 Å². The van der Waals surface area contributed by atoms with E-state index in [1.165, 1.54) is 58.3 Å². The molecule has 0 radical (unpaired) electrons. The number of carbonyl (C=O) groups is 4. The fourth-order valence-corrected chi connectivity index (χ4v) is 9.94. The van der Waals surface area contributed by atoms with Crippen molar-refractivity contribution < 1.29 is 88.8 Å². The topological polar surface area (TPSA) is 166 Å². The monoisotopic (exact) mass is 931 g/mol. The van der Waals surface area contributed by atoms with E-state index in [9.17, 15) is 37.5 Å². The molecule has 5 N–H and O–H groups in total. The number of carbonyl (C=O) groups excluding carboxylic acids is 4. The molecule has 64 heavy (non-hydrogen) atoms. The average Bonchev–Trinajstić information content (AvgIpc) is 3.67. The standard InChI is InChI=1S/C23H24F3N3O2S.C22H31N4O3.C2H6.K/c1-22(2,31)14-11-17-18(32-21(29-17)13-7-4-3-5-8-13)12-16(14)28-20(30)15-9-6-10-19(27-15)23(24,25)26;1-23-21(29)19(7-4-10-27)25-20(28)17-5-3-6-18(11-17)24-9-8-16-12-22(13-16)14-26(2)15-22;1-2;/h6,9-13,31H,3-5,7-8H2,1-2H3,(H,28,30);3,5-6,10,16,19,24H,4,7-9,12-15H2,1-2H3,(H,23,29)(H,25,28);1-2H3;/q;-1;;+1. The normalized spacial score (nSPS) is 16.6. The van der Waals surface area contributed by atoms with Crippen LogP contribution in [0, 0.1) is 17.4 Å². The van der Waals surface area contributed by atoms with Crippen LogP contribution in [0.25, 0.3) is 10.2 Å². The van der Waals surface area contributed by atoms with E-state index in [1.807, 2.05) is 19.9 Å². The van der Waals surface area contributed by atoms with Crippen molar-refractivity contribution in [2.75, 3.05) is 44.4 Å². The molecule has 2 aliphatic carbocycles. The first kappa shape index (κ1) is 53.3. The third-order valence-electron chi connectivity index (χ3n) is 11.7. The van der Waals surface area contributed by atoms with E-state index in [-0.39, 0.29) is 81.7 Å². The molecular formula is C47H61F3KN7O5S. The van der Waals surface area contributed by atoms with Crippen LogP contribution in [-0.2, 0) is 21.4 Å². The first-order chi connectivity index (χ1) is 30.0. The summed E-state index contributed by atoms with van der Waals surface area (Å²) in [6.07, 6.45) is 6.16. The van der Waals surface area contributed by atoms with Gasteiger partial charge in [0, 0.05) is 50.3 Å². The number of rotatable bonds is 14. The number of pyridine rings is 1. The summed E-state index contributed by atoms with van der Waals surface area (Å²) in [5.74, 6) is -0.264. The number of aliphatic hydroxyl groups is 1. The number of anilines is 2. The number of thiazole rings is 1. The van der Waals surface area contributed by atoms with E-state index in [0.29, 0.717) is 28.1 Å². The number of hydrogen-bond acceptors (Lipinski definition) is 10. The van der Waals surface area contributed by atoms with Crippen molar-refractivity contribution in [3.05, 3.63) is 82.1 Å². The van der Waals surface area contributed by atoms with Crippen molar-refractivity contribution in [1.29, 1.82) is 0 Å². The number of aromatic nitrogens is 2. The predicted molar refractivity (Wildman–Crippen MR) is 241 cm³/mol. The Hall–Kier alpha value is -3.29. The Labute approximate surface area is 421 Å². The summed E-state index contributed by atoms with van der Waals surface area (Å²) in [6, 6.07) is 14.4. The van der Waals surface area contributed by atoms with Crippen LogP contribution in [0.2, 0.25) is 0 Å². The zero-order chi connectivity index (χ0) is 46.0. The van der Waals surface area contributed by atoms with Gasteiger partial charge in [-0.05, 0) is 95.0 Å². The number of alkyl halides is 3. The Balaban J connectivity index is 0.000000267. The fraction of sp³-hybridized carbons (Fsp3) is 0.532. The van der Waals surface area contributed by atoms with Gasteiger partial charge in [0.15, 0.2) is 5.91 Å². The number of fused-ring (bicyclic) bond motifs is 1. The SMILES string of the molecule is CC.CC(C)(O)c1cc2nc(C3CCCCC3)sc2cc1NC(=O)c1cccc(C(F)(F)F)n1.CNC(=O)C(CCC=O)NC(=O)c1[c-]c(NCCC2CC3(C2)CN(C)C3)ccc1.[K+]. The van der Waals surface area contributed by atoms with Crippen LogP contribution in [-0.4, -0.2) is 83.8 Å². The summed E-state index contributed by atoms with van der Waals surface area (Å²) in [5.41, 5.74) is 0.467. The first-order valence-corrected chi connectivity index (χ1v) is 22.7. The Morgan fingerprint density at radius 2 is 1.70 bits per heavy atom. The van der Waals surface area contributed by atoms with E-state index in [2.05, 4.69) is 44.3 Å². The molecule has 342 valence electrons. The van der Waals surface area contributed by atoms with Gasteiger partial charge in [-0.15, -0.1) is 35.6 Å². The third-order valence-corrected chi connectivity index (χ3v) is 12.9. The fourth-order valence-electron chi connectivity index (χ4n) is 8.79. The van der Waals surface area contributed by atoms with Crippen molar-refractivity contribution in [3.63, 3.8) is 0 Å². The molecule has 12 nitrogen and oxygen atoms in total. The number of benzene rings is 2. The van der Waals surface area contributed by atoms with Gasteiger partial charge in [-0.1, -0.05) is 50.4 Å². The van der Waals surface area contributed by atoms with Gasteiger partial charge >= 0.3 is 57.6 Å². The minimum Gasteiger partial charge on any atom is -0.401 e. The first-order valence-electron chi connectivity index (χ1n) is 21.9. The van der Waals surface area contributed by atoms with Gasteiger partial charge in [0.05, 0.1) is 20.8 Å². The molecule has 4 aromatic rings. The van der Waals surface area contributed by atoms with Crippen molar-refractivity contribution >= 4 is 56.9 Å². The minimum atomic E-state index is -4.65. The summed E-state index contributed by atoms with van der Waals surface area (Å²) >= 11 is 1.56. The summed E-state index contributed by atoms with van der Waals surface area (Å²) < 4.78 is 39.8. The molecule has 7 rings (SSSR count). The van der Waals surface area contributed by atoms with Gasteiger partial charge in [0.1, 0.15) is 23.7 Å². The molecule has 2 aromatic heterocycles. The molecule has 1 spiro atoms. The number of hydrogen-bond donors (Lipinski definition) is 5. The molecule has 2 saturated carbocycles. The van der Waals surface area contributed by atoms with E-state index in [1.54, 1.807) is 49.4 Å². The Kier molecular flexibility index (Phi) is 19.9. The van der Waals surface area contributed by atoms with Crippen molar-refractivity contribution in [2.24, 2.45) is 11.3 Å². The second-order valence-electron chi connectivity index (χ2n) is 17.2. The molecule has 1 aliphatic heterocycles. The number of aldehydes is 1. The van der Waals surface area contributed by atoms with Gasteiger partial charge in [0.2, 0.25) is 5.91 Å². The zero-order valence-corrected chi connectivity index (χ0v) is 42.0. The van der Waals surface area contributed by atoms with Gasteiger partial charge in [-0.2, -0.15) is 13.2 Å². The molecule has 3 heterocycles. The number of amides is 3. The van der Waals surface area contributed by atoms with Crippen LogP contribution in [0.4, 0.5) is 24.5 Å². The summed E-state index contributed by atoms with van der Waals surface area (Å²) in [7, 11) is 3.69. The van der Waals surface area contributed by atoms with E-state index >= 15 is 0 Å². The van der Waals surface area contributed by atoms with Crippen molar-refractivity contribution in [2.45, 2.75) is 116 Å². The Bertz CT molecular complexity index is 2190. The molecule has 3 amide bonds.